The summed E-state index contributed by atoms with van der Waals surface area (Å²) >= 11 is 5.97. The lowest BCUT2D eigenvalue weighted by atomic mass is 9.85. The summed E-state index contributed by atoms with van der Waals surface area (Å²) < 4.78 is 1.93. The van der Waals surface area contributed by atoms with Gasteiger partial charge in [0.25, 0.3) is 0 Å². The van der Waals surface area contributed by atoms with Gasteiger partial charge in [-0.1, -0.05) is 18.5 Å². The number of imidazole rings is 1. The van der Waals surface area contributed by atoms with E-state index in [9.17, 15) is 4.79 Å². The number of aliphatic carboxylic acids is 1. The molecule has 1 aliphatic rings. The summed E-state index contributed by atoms with van der Waals surface area (Å²) in [5, 5.41) is 13.1. The first-order valence-corrected chi connectivity index (χ1v) is 8.25. The highest BCUT2D eigenvalue weighted by Crippen LogP contribution is 2.25. The first kappa shape index (κ1) is 16.2. The predicted molar refractivity (Wildman–Crippen MR) is 88.7 cm³/mol. The number of aromatic nitrogens is 2. The van der Waals surface area contributed by atoms with Gasteiger partial charge in [0.1, 0.15) is 5.65 Å². The zero-order chi connectivity index (χ0) is 16.4. The smallest absolute Gasteiger partial charge is 0.317 e. The molecule has 7 heteroatoms. The third-order valence-electron chi connectivity index (χ3n) is 4.41. The third kappa shape index (κ3) is 3.83. The van der Waals surface area contributed by atoms with Crippen molar-refractivity contribution in [2.75, 3.05) is 13.1 Å². The second-order valence-corrected chi connectivity index (χ2v) is 6.44. The summed E-state index contributed by atoms with van der Waals surface area (Å²) in [7, 11) is 0. The minimum Gasteiger partial charge on any atom is -0.480 e. The maximum absolute atomic E-state index is 10.8. The van der Waals surface area contributed by atoms with Crippen LogP contribution in [0.3, 0.4) is 0 Å². The fraction of sp³-hybridized carbons (Fsp3) is 0.500. The Bertz CT molecular complexity index is 696. The number of halogens is 1. The molecule has 124 valence electrons. The summed E-state index contributed by atoms with van der Waals surface area (Å²) in [6.07, 6.45) is 5.80. The molecule has 0 saturated heterocycles. The van der Waals surface area contributed by atoms with E-state index in [0.29, 0.717) is 23.7 Å². The Kier molecular flexibility index (Phi) is 4.84. The van der Waals surface area contributed by atoms with E-state index in [-0.39, 0.29) is 6.54 Å². The number of hydrogen-bond donors (Lipinski definition) is 2. The van der Waals surface area contributed by atoms with Crippen LogP contribution in [0, 0.1) is 0 Å². The zero-order valence-electron chi connectivity index (χ0n) is 13.1. The number of carboxylic acid groups (broad SMARTS) is 1. The van der Waals surface area contributed by atoms with Gasteiger partial charge < -0.3 is 14.8 Å². The van der Waals surface area contributed by atoms with E-state index in [1.165, 1.54) is 0 Å². The Labute approximate surface area is 140 Å². The highest BCUT2D eigenvalue weighted by Gasteiger charge is 2.33. The monoisotopic (exact) mass is 336 g/mol. The summed E-state index contributed by atoms with van der Waals surface area (Å²) in [5.74, 6) is -0.758. The van der Waals surface area contributed by atoms with Crippen molar-refractivity contribution >= 4 is 23.2 Å². The maximum atomic E-state index is 10.8. The van der Waals surface area contributed by atoms with Crippen LogP contribution in [-0.4, -0.2) is 50.5 Å². The number of likely N-dealkylation sites (N-methyl/N-ethyl adjacent to an activating group) is 1. The minimum atomic E-state index is -0.758. The molecular weight excluding hydrogens is 316 g/mol. The van der Waals surface area contributed by atoms with Crippen molar-refractivity contribution in [3.63, 3.8) is 0 Å². The normalized spacial score (nSPS) is 20.8. The second-order valence-electron chi connectivity index (χ2n) is 6.00. The molecule has 0 spiro atoms. The topological polar surface area (TPSA) is 69.9 Å². The van der Waals surface area contributed by atoms with Crippen LogP contribution in [0.2, 0.25) is 5.02 Å². The van der Waals surface area contributed by atoms with Gasteiger partial charge in [0, 0.05) is 31.0 Å². The van der Waals surface area contributed by atoms with Crippen LogP contribution in [0.15, 0.2) is 24.5 Å². The number of fused-ring (bicyclic) bond motifs is 1. The molecule has 0 amide bonds. The quantitative estimate of drug-likeness (QED) is 0.809. The molecule has 2 aromatic heterocycles. The highest BCUT2D eigenvalue weighted by atomic mass is 35.5. The van der Waals surface area contributed by atoms with Crippen molar-refractivity contribution in [2.45, 2.75) is 38.4 Å². The van der Waals surface area contributed by atoms with E-state index >= 15 is 0 Å². The highest BCUT2D eigenvalue weighted by molar-refractivity contribution is 6.30. The molecule has 6 nitrogen and oxygen atoms in total. The van der Waals surface area contributed by atoms with Crippen LogP contribution >= 0.6 is 11.6 Å². The largest absolute Gasteiger partial charge is 0.480 e. The van der Waals surface area contributed by atoms with Crippen LogP contribution in [0.5, 0.6) is 0 Å². The van der Waals surface area contributed by atoms with Gasteiger partial charge >= 0.3 is 5.97 Å². The molecule has 1 aliphatic carbocycles. The van der Waals surface area contributed by atoms with Crippen molar-refractivity contribution in [1.82, 2.24) is 19.6 Å². The molecule has 2 heterocycles. The van der Waals surface area contributed by atoms with Crippen LogP contribution in [0.1, 0.15) is 25.5 Å². The van der Waals surface area contributed by atoms with Crippen LogP contribution in [0.25, 0.3) is 5.65 Å². The number of carboxylic acids is 1. The summed E-state index contributed by atoms with van der Waals surface area (Å²) in [4.78, 5) is 17.4. The van der Waals surface area contributed by atoms with Crippen LogP contribution in [-0.2, 0) is 11.3 Å². The molecule has 0 atom stereocenters. The first-order chi connectivity index (χ1) is 11.0. The molecule has 3 rings (SSSR count). The van der Waals surface area contributed by atoms with Crippen molar-refractivity contribution in [2.24, 2.45) is 0 Å². The molecule has 0 bridgehead atoms. The van der Waals surface area contributed by atoms with E-state index < -0.39 is 5.97 Å². The average Bonchev–Trinajstić information content (AvgIpc) is 2.85. The molecule has 2 N–H and O–H groups in total. The molecule has 0 radical (unpaired) electrons. The van der Waals surface area contributed by atoms with Crippen molar-refractivity contribution in [3.05, 3.63) is 35.2 Å². The number of nitrogens with one attached hydrogen (secondary N) is 1. The lowest BCUT2D eigenvalue weighted by Gasteiger charge is -2.42. The molecule has 2 aromatic rings. The van der Waals surface area contributed by atoms with E-state index in [1.54, 1.807) is 0 Å². The molecular formula is C16H21ClN4O2. The van der Waals surface area contributed by atoms with Gasteiger partial charge in [-0.05, 0) is 31.5 Å². The number of hydrogen-bond acceptors (Lipinski definition) is 4. The van der Waals surface area contributed by atoms with Gasteiger partial charge in [-0.3, -0.25) is 9.69 Å². The van der Waals surface area contributed by atoms with Crippen molar-refractivity contribution < 1.29 is 9.90 Å². The van der Waals surface area contributed by atoms with Gasteiger partial charge in [0.2, 0.25) is 0 Å². The second kappa shape index (κ2) is 6.86. The Morgan fingerprint density at radius 3 is 2.96 bits per heavy atom. The third-order valence-corrected chi connectivity index (χ3v) is 4.63. The number of nitrogens with zero attached hydrogens (tertiary/aromatic N) is 3. The number of rotatable bonds is 7. The molecule has 0 aliphatic heterocycles. The summed E-state index contributed by atoms with van der Waals surface area (Å²) in [6, 6.07) is 4.53. The summed E-state index contributed by atoms with van der Waals surface area (Å²) in [5.41, 5.74) is 1.87. The fourth-order valence-electron chi connectivity index (χ4n) is 3.08. The molecule has 0 aromatic carbocycles. The van der Waals surface area contributed by atoms with E-state index in [4.69, 9.17) is 16.7 Å². The van der Waals surface area contributed by atoms with Gasteiger partial charge in [0.05, 0.1) is 17.3 Å². The average molecular weight is 337 g/mol. The van der Waals surface area contributed by atoms with E-state index in [2.05, 4.69) is 10.3 Å². The van der Waals surface area contributed by atoms with Crippen molar-refractivity contribution in [1.29, 1.82) is 0 Å². The zero-order valence-corrected chi connectivity index (χ0v) is 13.8. The van der Waals surface area contributed by atoms with Crippen LogP contribution in [0.4, 0.5) is 0 Å². The lowest BCUT2D eigenvalue weighted by Crippen LogP contribution is -2.53. The van der Waals surface area contributed by atoms with Gasteiger partial charge in [-0.15, -0.1) is 0 Å². The lowest BCUT2D eigenvalue weighted by molar-refractivity contribution is -0.139. The van der Waals surface area contributed by atoms with Crippen LogP contribution < -0.4 is 5.32 Å². The Morgan fingerprint density at radius 2 is 2.26 bits per heavy atom. The molecule has 1 fully saturated rings. The Hall–Kier alpha value is -1.63. The van der Waals surface area contributed by atoms with Gasteiger partial charge in [0.15, 0.2) is 0 Å². The van der Waals surface area contributed by atoms with Crippen molar-refractivity contribution in [3.8, 4) is 0 Å². The standard InChI is InChI=1S/C16H21ClN4O2/c1-2-20(10-16(22)23)14-5-12(6-14)18-7-13-9-21-8-11(17)3-4-15(21)19-13/h3-4,8-9,12,14,18H,2,5-7,10H2,1H3,(H,22,23). The number of pyridine rings is 1. The first-order valence-electron chi connectivity index (χ1n) is 7.87. The molecule has 0 unspecified atom stereocenters. The molecule has 23 heavy (non-hydrogen) atoms. The van der Waals surface area contributed by atoms with Gasteiger partial charge in [-0.2, -0.15) is 0 Å². The minimum absolute atomic E-state index is 0.126. The maximum Gasteiger partial charge on any atom is 0.317 e. The SMILES string of the molecule is CCN(CC(=O)O)C1CC(NCc2cn3cc(Cl)ccc3n2)C1. The Morgan fingerprint density at radius 1 is 1.48 bits per heavy atom. The summed E-state index contributed by atoms with van der Waals surface area (Å²) in [6.45, 7) is 3.62. The van der Waals surface area contributed by atoms with E-state index in [1.807, 2.05) is 40.8 Å². The predicted octanol–water partition coefficient (Wildman–Crippen LogP) is 2.01. The fourth-order valence-corrected chi connectivity index (χ4v) is 3.24. The van der Waals surface area contributed by atoms with E-state index in [0.717, 1.165) is 30.7 Å². The number of carbonyl (C=O) groups is 1. The molecule has 1 saturated carbocycles. The van der Waals surface area contributed by atoms with Gasteiger partial charge in [-0.25, -0.2) is 4.98 Å². The Balaban J connectivity index is 1.49.